The number of carbonyl (C=O) groups is 1. The Balaban J connectivity index is 2.07. The summed E-state index contributed by atoms with van der Waals surface area (Å²) < 4.78 is 0. The van der Waals surface area contributed by atoms with Crippen molar-refractivity contribution in [3.63, 3.8) is 0 Å². The van der Waals surface area contributed by atoms with Crippen LogP contribution >= 0.6 is 0 Å². The molecule has 106 valence electrons. The van der Waals surface area contributed by atoms with Crippen LogP contribution in [0.3, 0.4) is 0 Å². The maximum atomic E-state index is 12.3. The Kier molecular flexibility index (Phi) is 5.14. The van der Waals surface area contributed by atoms with Gasteiger partial charge in [0.05, 0.1) is 12.2 Å². The quantitative estimate of drug-likeness (QED) is 0.821. The predicted molar refractivity (Wildman–Crippen MR) is 77.1 cm³/mol. The molecular weight excluding hydrogens is 252 g/mol. The molecule has 1 atom stereocenters. The van der Waals surface area contributed by atoms with Crippen LogP contribution < -0.4 is 5.32 Å². The third-order valence-corrected chi connectivity index (χ3v) is 3.70. The van der Waals surface area contributed by atoms with E-state index in [0.29, 0.717) is 23.6 Å². The average molecular weight is 272 g/mol. The minimum atomic E-state index is -0.168. The molecule has 2 N–H and O–H groups in total. The lowest BCUT2D eigenvalue weighted by Gasteiger charge is -2.31. The summed E-state index contributed by atoms with van der Waals surface area (Å²) in [4.78, 5) is 16.4. The third kappa shape index (κ3) is 3.58. The third-order valence-electron chi connectivity index (χ3n) is 3.70. The van der Waals surface area contributed by atoms with Gasteiger partial charge < -0.3 is 10.4 Å². The molecule has 0 saturated heterocycles. The van der Waals surface area contributed by atoms with Crippen LogP contribution in [0.5, 0.6) is 0 Å². The van der Waals surface area contributed by atoms with Crippen LogP contribution in [0.4, 0.5) is 0 Å². The SMILES string of the molecule is CC(NC(=O)c1ncccc1C#CCCO)C1CCC1. The number of nitrogens with zero attached hydrogens (tertiary/aromatic N) is 1. The zero-order valence-corrected chi connectivity index (χ0v) is 11.7. The van der Waals surface area contributed by atoms with Crippen molar-refractivity contribution in [2.75, 3.05) is 6.61 Å². The molecule has 1 aliphatic carbocycles. The van der Waals surface area contributed by atoms with Crippen LogP contribution in [0.25, 0.3) is 0 Å². The van der Waals surface area contributed by atoms with E-state index in [1.165, 1.54) is 19.3 Å². The maximum absolute atomic E-state index is 12.3. The van der Waals surface area contributed by atoms with E-state index in [2.05, 4.69) is 22.1 Å². The van der Waals surface area contributed by atoms with Crippen LogP contribution in [-0.2, 0) is 0 Å². The molecule has 0 aliphatic heterocycles. The van der Waals surface area contributed by atoms with Gasteiger partial charge in [-0.15, -0.1) is 0 Å². The van der Waals surface area contributed by atoms with Gasteiger partial charge in [0.2, 0.25) is 0 Å². The van der Waals surface area contributed by atoms with Crippen molar-refractivity contribution >= 4 is 5.91 Å². The van der Waals surface area contributed by atoms with Crippen LogP contribution in [-0.4, -0.2) is 28.6 Å². The summed E-state index contributed by atoms with van der Waals surface area (Å²) >= 11 is 0. The average Bonchev–Trinajstić information content (AvgIpc) is 2.37. The molecule has 4 heteroatoms. The van der Waals surface area contributed by atoms with E-state index >= 15 is 0 Å². The fourth-order valence-corrected chi connectivity index (χ4v) is 2.23. The number of hydrogen-bond acceptors (Lipinski definition) is 3. The van der Waals surface area contributed by atoms with E-state index in [-0.39, 0.29) is 18.6 Å². The molecule has 1 saturated carbocycles. The van der Waals surface area contributed by atoms with Crippen LogP contribution in [0.15, 0.2) is 18.3 Å². The Morgan fingerprint density at radius 3 is 3.05 bits per heavy atom. The maximum Gasteiger partial charge on any atom is 0.271 e. The first kappa shape index (κ1) is 14.5. The summed E-state index contributed by atoms with van der Waals surface area (Å²) in [7, 11) is 0. The van der Waals surface area contributed by atoms with Gasteiger partial charge in [0, 0.05) is 18.7 Å². The van der Waals surface area contributed by atoms with Crippen LogP contribution in [0, 0.1) is 17.8 Å². The Morgan fingerprint density at radius 1 is 1.60 bits per heavy atom. The van der Waals surface area contributed by atoms with Gasteiger partial charge in [-0.3, -0.25) is 4.79 Å². The fraction of sp³-hybridized carbons (Fsp3) is 0.500. The molecule has 1 heterocycles. The second-order valence-electron chi connectivity index (χ2n) is 5.13. The standard InChI is InChI=1S/C16H20N2O2/c1-12(13-7-4-8-13)18-16(20)15-14(6-2-3-11-19)9-5-10-17-15/h5,9-10,12-13,19H,3-4,7-8,11H2,1H3,(H,18,20). The van der Waals surface area contributed by atoms with Crippen molar-refractivity contribution < 1.29 is 9.90 Å². The summed E-state index contributed by atoms with van der Waals surface area (Å²) in [5.74, 6) is 6.14. The lowest BCUT2D eigenvalue weighted by Crippen LogP contribution is -2.41. The Morgan fingerprint density at radius 2 is 2.40 bits per heavy atom. The van der Waals surface area contributed by atoms with Gasteiger partial charge in [-0.25, -0.2) is 4.98 Å². The number of amides is 1. The highest BCUT2D eigenvalue weighted by atomic mass is 16.2. The number of nitrogens with one attached hydrogen (secondary N) is 1. The van der Waals surface area contributed by atoms with Crippen LogP contribution in [0.2, 0.25) is 0 Å². The molecule has 0 radical (unpaired) electrons. The Bertz CT molecular complexity index is 527. The number of hydrogen-bond donors (Lipinski definition) is 2. The van der Waals surface area contributed by atoms with Crippen molar-refractivity contribution in [1.29, 1.82) is 0 Å². The van der Waals surface area contributed by atoms with Crippen molar-refractivity contribution in [3.8, 4) is 11.8 Å². The first-order valence-electron chi connectivity index (χ1n) is 7.08. The number of pyridine rings is 1. The van der Waals surface area contributed by atoms with Gasteiger partial charge in [-0.2, -0.15) is 0 Å². The molecule has 0 bridgehead atoms. The second-order valence-corrected chi connectivity index (χ2v) is 5.13. The number of aliphatic hydroxyl groups excluding tert-OH is 1. The lowest BCUT2D eigenvalue weighted by atomic mass is 9.80. The van der Waals surface area contributed by atoms with Crippen molar-refractivity contribution in [2.45, 2.75) is 38.6 Å². The number of aliphatic hydroxyl groups is 1. The summed E-state index contributed by atoms with van der Waals surface area (Å²) in [5.41, 5.74) is 0.975. The minimum absolute atomic E-state index is 0.0213. The summed E-state index contributed by atoms with van der Waals surface area (Å²) in [6.07, 6.45) is 5.63. The molecule has 0 spiro atoms. The first-order valence-corrected chi connectivity index (χ1v) is 7.08. The van der Waals surface area contributed by atoms with E-state index in [1.807, 2.05) is 6.92 Å². The van der Waals surface area contributed by atoms with Gasteiger partial charge in [-0.1, -0.05) is 18.3 Å². The molecule has 0 aromatic carbocycles. The first-order chi connectivity index (χ1) is 9.72. The molecular formula is C16H20N2O2. The zero-order valence-electron chi connectivity index (χ0n) is 11.7. The van der Waals surface area contributed by atoms with Crippen molar-refractivity contribution in [1.82, 2.24) is 10.3 Å². The zero-order chi connectivity index (χ0) is 14.4. The topological polar surface area (TPSA) is 62.2 Å². The largest absolute Gasteiger partial charge is 0.395 e. The number of rotatable bonds is 4. The summed E-state index contributed by atoms with van der Waals surface area (Å²) in [5, 5.41) is 11.7. The van der Waals surface area contributed by atoms with E-state index in [0.717, 1.165) is 0 Å². The van der Waals surface area contributed by atoms with E-state index < -0.39 is 0 Å². The molecule has 1 amide bonds. The van der Waals surface area contributed by atoms with E-state index in [1.54, 1.807) is 18.3 Å². The predicted octanol–water partition coefficient (Wildman–Crippen LogP) is 1.73. The summed E-state index contributed by atoms with van der Waals surface area (Å²) in [6, 6.07) is 3.71. The molecule has 1 aromatic heterocycles. The van der Waals surface area contributed by atoms with Gasteiger partial charge in [0.1, 0.15) is 5.69 Å². The van der Waals surface area contributed by atoms with Gasteiger partial charge >= 0.3 is 0 Å². The molecule has 20 heavy (non-hydrogen) atoms. The summed E-state index contributed by atoms with van der Waals surface area (Å²) in [6.45, 7) is 2.06. The Labute approximate surface area is 119 Å². The van der Waals surface area contributed by atoms with E-state index in [4.69, 9.17) is 5.11 Å². The van der Waals surface area contributed by atoms with Crippen LogP contribution in [0.1, 0.15) is 48.7 Å². The van der Waals surface area contributed by atoms with Crippen molar-refractivity contribution in [3.05, 3.63) is 29.6 Å². The monoisotopic (exact) mass is 272 g/mol. The Hall–Kier alpha value is -1.86. The van der Waals surface area contributed by atoms with E-state index in [9.17, 15) is 4.79 Å². The van der Waals surface area contributed by atoms with Crippen molar-refractivity contribution in [2.24, 2.45) is 5.92 Å². The minimum Gasteiger partial charge on any atom is -0.395 e. The van der Waals surface area contributed by atoms with Gasteiger partial charge in [0.25, 0.3) is 5.91 Å². The highest BCUT2D eigenvalue weighted by Gasteiger charge is 2.26. The molecule has 1 aromatic rings. The van der Waals surface area contributed by atoms with Gasteiger partial charge in [0.15, 0.2) is 0 Å². The van der Waals surface area contributed by atoms with Gasteiger partial charge in [-0.05, 0) is 37.8 Å². The molecule has 1 unspecified atom stereocenters. The highest BCUT2D eigenvalue weighted by molar-refractivity contribution is 5.94. The fourth-order valence-electron chi connectivity index (χ4n) is 2.23. The number of aromatic nitrogens is 1. The lowest BCUT2D eigenvalue weighted by molar-refractivity contribution is 0.0904. The molecule has 1 aliphatic rings. The molecule has 4 nitrogen and oxygen atoms in total. The smallest absolute Gasteiger partial charge is 0.271 e. The normalized spacial score (nSPS) is 15.7. The molecule has 2 rings (SSSR count). The molecule has 1 fully saturated rings. The highest BCUT2D eigenvalue weighted by Crippen LogP contribution is 2.29. The second kappa shape index (κ2) is 7.06. The number of carbonyl (C=O) groups excluding carboxylic acids is 1.